The van der Waals surface area contributed by atoms with E-state index < -0.39 is 6.17 Å². The summed E-state index contributed by atoms with van der Waals surface area (Å²) in [5, 5.41) is 3.00. The van der Waals surface area contributed by atoms with Crippen LogP contribution in [0.4, 0.5) is 4.39 Å². The summed E-state index contributed by atoms with van der Waals surface area (Å²) in [6.07, 6.45) is 10.3. The van der Waals surface area contributed by atoms with Crippen LogP contribution in [0.5, 0.6) is 0 Å². The van der Waals surface area contributed by atoms with Crippen LogP contribution in [0.25, 0.3) is 0 Å². The topological polar surface area (TPSA) is 58.1 Å². The Morgan fingerprint density at radius 3 is 2.96 bits per heavy atom. The first-order valence-electron chi connectivity index (χ1n) is 8.83. The maximum atomic E-state index is 13.9. The van der Waals surface area contributed by atoms with E-state index in [9.17, 15) is 9.18 Å². The number of rotatable bonds is 5. The van der Waals surface area contributed by atoms with Crippen LogP contribution in [0.15, 0.2) is 30.1 Å². The summed E-state index contributed by atoms with van der Waals surface area (Å²) in [4.78, 5) is 22.8. The Morgan fingerprint density at radius 1 is 1.29 bits per heavy atom. The summed E-state index contributed by atoms with van der Waals surface area (Å²) in [6.45, 7) is 1.37. The molecule has 0 radical (unpaired) electrons. The molecule has 0 unspecified atom stereocenters. The molecule has 1 aromatic heterocycles. The summed E-state index contributed by atoms with van der Waals surface area (Å²) >= 11 is 0. The fraction of sp³-hybridized carbons (Fsp3) is 0.611. The van der Waals surface area contributed by atoms with E-state index in [2.05, 4.69) is 21.4 Å². The zero-order valence-electron chi connectivity index (χ0n) is 14.0. The van der Waals surface area contributed by atoms with Gasteiger partial charge in [-0.05, 0) is 38.2 Å². The molecule has 130 valence electrons. The first kappa shape index (κ1) is 17.0. The Labute approximate surface area is 142 Å². The van der Waals surface area contributed by atoms with E-state index in [1.165, 1.54) is 6.42 Å². The number of allylic oxidation sites excluding steroid dienone is 1. The van der Waals surface area contributed by atoms with Gasteiger partial charge in [-0.1, -0.05) is 12.5 Å². The molecule has 6 heteroatoms. The predicted molar refractivity (Wildman–Crippen MR) is 89.9 cm³/mol. The Morgan fingerprint density at radius 2 is 2.12 bits per heavy atom. The van der Waals surface area contributed by atoms with E-state index in [0.29, 0.717) is 31.9 Å². The summed E-state index contributed by atoms with van der Waals surface area (Å²) < 4.78 is 13.9. The van der Waals surface area contributed by atoms with Crippen molar-refractivity contribution < 1.29 is 9.18 Å². The maximum absolute atomic E-state index is 13.9. The lowest BCUT2D eigenvalue weighted by atomic mass is 10.1. The van der Waals surface area contributed by atoms with Crippen LogP contribution < -0.4 is 5.32 Å². The van der Waals surface area contributed by atoms with E-state index in [1.807, 2.05) is 4.90 Å². The second-order valence-electron chi connectivity index (χ2n) is 6.62. The van der Waals surface area contributed by atoms with Gasteiger partial charge in [0.2, 0.25) is 5.91 Å². The van der Waals surface area contributed by atoms with Crippen molar-refractivity contribution >= 4 is 5.91 Å². The van der Waals surface area contributed by atoms with Gasteiger partial charge in [-0.2, -0.15) is 0 Å². The molecule has 2 aliphatic rings. The lowest BCUT2D eigenvalue weighted by molar-refractivity contribution is -0.117. The molecule has 5 nitrogen and oxygen atoms in total. The fourth-order valence-electron chi connectivity index (χ4n) is 3.47. The lowest BCUT2D eigenvalue weighted by Gasteiger charge is -2.23. The van der Waals surface area contributed by atoms with Gasteiger partial charge in [0, 0.05) is 37.1 Å². The van der Waals surface area contributed by atoms with Gasteiger partial charge in [-0.15, -0.1) is 0 Å². The highest BCUT2D eigenvalue weighted by molar-refractivity contribution is 5.93. The largest absolute Gasteiger partial charge is 0.351 e. The zero-order chi connectivity index (χ0) is 16.8. The zero-order valence-corrected chi connectivity index (χ0v) is 14.0. The molecule has 0 spiro atoms. The Hall–Kier alpha value is -1.82. The van der Waals surface area contributed by atoms with Crippen LogP contribution in [0.1, 0.15) is 44.3 Å². The van der Waals surface area contributed by atoms with Crippen LogP contribution in [0.3, 0.4) is 0 Å². The molecular formula is C18H25FN4O. The minimum Gasteiger partial charge on any atom is -0.351 e. The summed E-state index contributed by atoms with van der Waals surface area (Å²) in [7, 11) is 0. The van der Waals surface area contributed by atoms with Gasteiger partial charge >= 0.3 is 0 Å². The molecule has 0 aromatic carbocycles. The molecule has 3 rings (SSSR count). The van der Waals surface area contributed by atoms with Crippen LogP contribution in [0, 0.1) is 0 Å². The number of carbonyl (C=O) groups excluding carboxylic acids is 1. The van der Waals surface area contributed by atoms with Gasteiger partial charge in [0.15, 0.2) is 0 Å². The summed E-state index contributed by atoms with van der Waals surface area (Å²) in [5.74, 6) is 0.699. The van der Waals surface area contributed by atoms with Crippen molar-refractivity contribution in [1.82, 2.24) is 20.2 Å². The van der Waals surface area contributed by atoms with Crippen molar-refractivity contribution in [2.45, 2.75) is 57.3 Å². The Kier molecular flexibility index (Phi) is 5.91. The average molecular weight is 332 g/mol. The van der Waals surface area contributed by atoms with Gasteiger partial charge in [0.1, 0.15) is 12.0 Å². The highest BCUT2D eigenvalue weighted by Gasteiger charge is 2.32. The molecule has 1 fully saturated rings. The Balaban J connectivity index is 1.54. The Bertz CT molecular complexity index is 578. The number of nitrogens with zero attached hydrogens (tertiary/aromatic N) is 3. The van der Waals surface area contributed by atoms with Crippen molar-refractivity contribution in [2.75, 3.05) is 13.1 Å². The third-order valence-electron chi connectivity index (χ3n) is 4.77. The van der Waals surface area contributed by atoms with Gasteiger partial charge in [0.05, 0.1) is 6.54 Å². The van der Waals surface area contributed by atoms with E-state index in [0.717, 1.165) is 31.3 Å². The molecule has 1 aromatic rings. The molecule has 24 heavy (non-hydrogen) atoms. The number of aromatic nitrogens is 2. The van der Waals surface area contributed by atoms with Crippen LogP contribution in [-0.2, 0) is 11.3 Å². The van der Waals surface area contributed by atoms with Crippen molar-refractivity contribution in [3.63, 3.8) is 0 Å². The minimum atomic E-state index is -0.854. The molecule has 1 aliphatic carbocycles. The van der Waals surface area contributed by atoms with Crippen LogP contribution in [0.2, 0.25) is 0 Å². The number of likely N-dealkylation sites (tertiary alicyclic amines) is 1. The minimum absolute atomic E-state index is 0.000802. The fourth-order valence-corrected chi connectivity index (χ4v) is 3.47. The third kappa shape index (κ3) is 4.60. The number of halogens is 1. The number of nitrogens with one attached hydrogen (secondary N) is 1. The molecule has 2 atom stereocenters. The van der Waals surface area contributed by atoms with Gasteiger partial charge < -0.3 is 5.32 Å². The predicted octanol–water partition coefficient (Wildman–Crippen LogP) is 2.40. The second kappa shape index (κ2) is 8.33. The van der Waals surface area contributed by atoms with Crippen LogP contribution in [-0.4, -0.2) is 46.1 Å². The average Bonchev–Trinajstić information content (AvgIpc) is 2.79. The first-order chi connectivity index (χ1) is 11.7. The maximum Gasteiger partial charge on any atom is 0.246 e. The number of amides is 1. The van der Waals surface area contributed by atoms with E-state index >= 15 is 0 Å². The quantitative estimate of drug-likeness (QED) is 0.899. The van der Waals surface area contributed by atoms with Gasteiger partial charge in [0.25, 0.3) is 0 Å². The lowest BCUT2D eigenvalue weighted by Crippen LogP contribution is -2.40. The number of alkyl halides is 1. The van der Waals surface area contributed by atoms with Crippen molar-refractivity contribution in [3.05, 3.63) is 35.9 Å². The molecule has 0 bridgehead atoms. The standard InChI is InChI=1S/C18H25FN4O/c19-15-10-16(23(12-15)13-17-20-8-5-9-21-17)11-22-18(24)14-6-3-1-2-4-7-14/h5-6,8-9,15-16H,1-4,7,10-13H2,(H,22,24)/t15-,16-/m0/s1. The third-order valence-corrected chi connectivity index (χ3v) is 4.77. The highest BCUT2D eigenvalue weighted by atomic mass is 19.1. The number of hydrogen-bond donors (Lipinski definition) is 1. The smallest absolute Gasteiger partial charge is 0.246 e. The summed E-state index contributed by atoms with van der Waals surface area (Å²) in [5.41, 5.74) is 0.889. The monoisotopic (exact) mass is 332 g/mol. The molecule has 1 aliphatic heterocycles. The molecule has 2 heterocycles. The van der Waals surface area contributed by atoms with Gasteiger partial charge in [-0.3, -0.25) is 9.69 Å². The number of carbonyl (C=O) groups is 1. The van der Waals surface area contributed by atoms with Crippen LogP contribution >= 0.6 is 0 Å². The molecular weight excluding hydrogens is 307 g/mol. The second-order valence-corrected chi connectivity index (χ2v) is 6.62. The van der Waals surface area contributed by atoms with Gasteiger partial charge in [-0.25, -0.2) is 14.4 Å². The molecule has 1 saturated heterocycles. The van der Waals surface area contributed by atoms with E-state index in [-0.39, 0.29) is 11.9 Å². The van der Waals surface area contributed by atoms with Crippen molar-refractivity contribution in [2.24, 2.45) is 0 Å². The van der Waals surface area contributed by atoms with E-state index in [1.54, 1.807) is 18.5 Å². The molecule has 1 N–H and O–H groups in total. The van der Waals surface area contributed by atoms with Crippen molar-refractivity contribution in [3.8, 4) is 0 Å². The SMILES string of the molecule is O=C(NC[C@@H]1C[C@H](F)CN1Cc1ncccn1)C1=CCCCCC1. The molecule has 0 saturated carbocycles. The summed E-state index contributed by atoms with van der Waals surface area (Å²) in [6, 6.07) is 1.77. The first-order valence-corrected chi connectivity index (χ1v) is 8.83. The highest BCUT2D eigenvalue weighted by Crippen LogP contribution is 2.22. The number of hydrogen-bond acceptors (Lipinski definition) is 4. The normalized spacial score (nSPS) is 25.1. The molecule has 1 amide bonds. The van der Waals surface area contributed by atoms with Crippen molar-refractivity contribution in [1.29, 1.82) is 0 Å². The van der Waals surface area contributed by atoms with E-state index in [4.69, 9.17) is 0 Å².